The van der Waals surface area contributed by atoms with E-state index in [2.05, 4.69) is 44.5 Å². The highest BCUT2D eigenvalue weighted by Gasteiger charge is 2.18. The van der Waals surface area contributed by atoms with Gasteiger partial charge in [-0.15, -0.1) is 0 Å². The Balaban J connectivity index is 1.48. The second-order valence-electron chi connectivity index (χ2n) is 6.91. The Hall–Kier alpha value is -3.21. The van der Waals surface area contributed by atoms with Crippen LogP contribution in [-0.4, -0.2) is 22.4 Å². The second kappa shape index (κ2) is 7.19. The van der Waals surface area contributed by atoms with Crippen molar-refractivity contribution in [2.75, 3.05) is 16.8 Å². The van der Waals surface area contributed by atoms with Crippen LogP contribution in [0.4, 0.5) is 11.6 Å². The van der Waals surface area contributed by atoms with E-state index in [9.17, 15) is 4.79 Å². The van der Waals surface area contributed by atoms with Gasteiger partial charge in [0, 0.05) is 31.2 Å². The van der Waals surface area contributed by atoms with Crippen LogP contribution in [0.3, 0.4) is 0 Å². The minimum Gasteiger partial charge on any atom is -0.336 e. The number of anilines is 2. The zero-order chi connectivity index (χ0) is 18.8. The highest BCUT2D eigenvalue weighted by Crippen LogP contribution is 2.22. The molecule has 4 rings (SSSR count). The van der Waals surface area contributed by atoms with Crippen molar-refractivity contribution in [1.82, 2.24) is 9.97 Å². The van der Waals surface area contributed by atoms with Crippen molar-refractivity contribution < 1.29 is 4.79 Å². The standard InChI is InChI=1S/C22H22N4O/c1-15-6-5-9-20(16(15)2)25-21(27)19-12-23-22(24-13-19)26-11-10-17-7-3-4-8-18(17)14-26/h3-9,12-13H,10-11,14H2,1-2H3,(H,25,27). The number of hydrogen-bond donors (Lipinski definition) is 1. The van der Waals surface area contributed by atoms with Crippen LogP contribution < -0.4 is 10.2 Å². The molecule has 5 nitrogen and oxygen atoms in total. The number of benzene rings is 2. The predicted octanol–water partition coefficient (Wildman–Crippen LogP) is 3.91. The Morgan fingerprint density at radius 3 is 2.52 bits per heavy atom. The summed E-state index contributed by atoms with van der Waals surface area (Å²) in [4.78, 5) is 23.5. The van der Waals surface area contributed by atoms with E-state index in [1.165, 1.54) is 11.1 Å². The lowest BCUT2D eigenvalue weighted by molar-refractivity contribution is 0.102. The first-order valence-corrected chi connectivity index (χ1v) is 9.13. The van der Waals surface area contributed by atoms with Gasteiger partial charge in [0.05, 0.1) is 5.56 Å². The van der Waals surface area contributed by atoms with Crippen LogP contribution in [0, 0.1) is 13.8 Å². The quantitative estimate of drug-likeness (QED) is 0.771. The molecule has 0 saturated heterocycles. The number of rotatable bonds is 3. The second-order valence-corrected chi connectivity index (χ2v) is 6.91. The lowest BCUT2D eigenvalue weighted by Crippen LogP contribution is -2.31. The van der Waals surface area contributed by atoms with Gasteiger partial charge < -0.3 is 10.2 Å². The average Bonchev–Trinajstić information content (AvgIpc) is 2.71. The highest BCUT2D eigenvalue weighted by atomic mass is 16.1. The molecule has 0 bridgehead atoms. The molecule has 0 radical (unpaired) electrons. The lowest BCUT2D eigenvalue weighted by atomic mass is 10.0. The fraction of sp³-hybridized carbons (Fsp3) is 0.227. The maximum absolute atomic E-state index is 12.5. The van der Waals surface area contributed by atoms with Crippen molar-refractivity contribution in [3.8, 4) is 0 Å². The van der Waals surface area contributed by atoms with Crippen molar-refractivity contribution in [1.29, 1.82) is 0 Å². The number of aromatic nitrogens is 2. The fourth-order valence-corrected chi connectivity index (χ4v) is 3.35. The molecule has 1 amide bonds. The van der Waals surface area contributed by atoms with E-state index >= 15 is 0 Å². The van der Waals surface area contributed by atoms with Gasteiger partial charge in [0.15, 0.2) is 0 Å². The maximum atomic E-state index is 12.5. The Labute approximate surface area is 159 Å². The van der Waals surface area contributed by atoms with Crippen LogP contribution in [0.2, 0.25) is 0 Å². The summed E-state index contributed by atoms with van der Waals surface area (Å²) >= 11 is 0. The summed E-state index contributed by atoms with van der Waals surface area (Å²) in [5, 5.41) is 2.95. The van der Waals surface area contributed by atoms with Gasteiger partial charge in [-0.1, -0.05) is 36.4 Å². The first-order chi connectivity index (χ1) is 13.1. The number of amides is 1. The largest absolute Gasteiger partial charge is 0.336 e. The van der Waals surface area contributed by atoms with Crippen molar-refractivity contribution in [2.24, 2.45) is 0 Å². The monoisotopic (exact) mass is 358 g/mol. The van der Waals surface area contributed by atoms with Crippen molar-refractivity contribution in [3.05, 3.63) is 82.7 Å². The summed E-state index contributed by atoms with van der Waals surface area (Å²) in [6, 6.07) is 14.3. The molecule has 27 heavy (non-hydrogen) atoms. The summed E-state index contributed by atoms with van der Waals surface area (Å²) in [6.07, 6.45) is 4.18. The van der Waals surface area contributed by atoms with Gasteiger partial charge in [-0.3, -0.25) is 4.79 Å². The fourth-order valence-electron chi connectivity index (χ4n) is 3.35. The number of hydrogen-bond acceptors (Lipinski definition) is 4. The molecule has 1 N–H and O–H groups in total. The molecule has 1 aliphatic heterocycles. The first-order valence-electron chi connectivity index (χ1n) is 9.13. The van der Waals surface area contributed by atoms with Crippen molar-refractivity contribution in [2.45, 2.75) is 26.8 Å². The van der Waals surface area contributed by atoms with E-state index < -0.39 is 0 Å². The maximum Gasteiger partial charge on any atom is 0.258 e. The molecule has 0 aliphatic carbocycles. The first kappa shape index (κ1) is 17.2. The number of carbonyl (C=O) groups is 1. The van der Waals surface area contributed by atoms with Gasteiger partial charge in [-0.2, -0.15) is 0 Å². The van der Waals surface area contributed by atoms with Gasteiger partial charge in [0.25, 0.3) is 5.91 Å². The van der Waals surface area contributed by atoms with Crippen LogP contribution in [0.1, 0.15) is 32.6 Å². The number of nitrogens with zero attached hydrogens (tertiary/aromatic N) is 3. The summed E-state index contributed by atoms with van der Waals surface area (Å²) < 4.78 is 0. The number of fused-ring (bicyclic) bond motifs is 1. The van der Waals surface area contributed by atoms with Gasteiger partial charge in [0.1, 0.15) is 0 Å². The third-order valence-electron chi connectivity index (χ3n) is 5.17. The molecule has 1 aromatic heterocycles. The molecule has 0 spiro atoms. The van der Waals surface area contributed by atoms with E-state index in [0.717, 1.165) is 36.3 Å². The third kappa shape index (κ3) is 3.53. The molecule has 0 unspecified atom stereocenters. The molecular weight excluding hydrogens is 336 g/mol. The van der Waals surface area contributed by atoms with Crippen LogP contribution in [0.15, 0.2) is 54.9 Å². The summed E-state index contributed by atoms with van der Waals surface area (Å²) in [7, 11) is 0. The van der Waals surface area contributed by atoms with Crippen LogP contribution in [0.25, 0.3) is 0 Å². The average molecular weight is 358 g/mol. The molecule has 2 heterocycles. The van der Waals surface area contributed by atoms with E-state index in [-0.39, 0.29) is 5.91 Å². The SMILES string of the molecule is Cc1cccc(NC(=O)c2cnc(N3CCc4ccccc4C3)nc2)c1C. The highest BCUT2D eigenvalue weighted by molar-refractivity contribution is 6.04. The van der Waals surface area contributed by atoms with Crippen molar-refractivity contribution >= 4 is 17.5 Å². The zero-order valence-corrected chi connectivity index (χ0v) is 15.6. The van der Waals surface area contributed by atoms with Gasteiger partial charge in [-0.05, 0) is 48.6 Å². The van der Waals surface area contributed by atoms with E-state index in [1.807, 2.05) is 32.0 Å². The summed E-state index contributed by atoms with van der Waals surface area (Å²) in [5.41, 5.74) is 6.18. The predicted molar refractivity (Wildman–Crippen MR) is 107 cm³/mol. The van der Waals surface area contributed by atoms with Crippen LogP contribution >= 0.6 is 0 Å². The van der Waals surface area contributed by atoms with E-state index in [0.29, 0.717) is 11.5 Å². The van der Waals surface area contributed by atoms with Crippen molar-refractivity contribution in [3.63, 3.8) is 0 Å². The lowest BCUT2D eigenvalue weighted by Gasteiger charge is -2.28. The molecule has 2 aromatic carbocycles. The number of nitrogens with one attached hydrogen (secondary N) is 1. The molecule has 0 saturated carbocycles. The zero-order valence-electron chi connectivity index (χ0n) is 15.6. The molecule has 136 valence electrons. The topological polar surface area (TPSA) is 58.1 Å². The normalized spacial score (nSPS) is 13.2. The molecule has 3 aromatic rings. The van der Waals surface area contributed by atoms with Crippen LogP contribution in [0.5, 0.6) is 0 Å². The van der Waals surface area contributed by atoms with E-state index in [4.69, 9.17) is 0 Å². The van der Waals surface area contributed by atoms with Crippen LogP contribution in [-0.2, 0) is 13.0 Å². The minimum atomic E-state index is -0.195. The van der Waals surface area contributed by atoms with Gasteiger partial charge >= 0.3 is 0 Å². The summed E-state index contributed by atoms with van der Waals surface area (Å²) in [5.74, 6) is 0.465. The summed E-state index contributed by atoms with van der Waals surface area (Å²) in [6.45, 7) is 5.70. The molecule has 0 atom stereocenters. The minimum absolute atomic E-state index is 0.195. The number of aryl methyl sites for hydroxylation is 1. The number of carbonyl (C=O) groups excluding carboxylic acids is 1. The molecule has 5 heteroatoms. The Bertz CT molecular complexity index is 982. The molecular formula is C22H22N4O. The van der Waals surface area contributed by atoms with Gasteiger partial charge in [0.2, 0.25) is 5.95 Å². The Kier molecular flexibility index (Phi) is 4.59. The Morgan fingerprint density at radius 2 is 1.74 bits per heavy atom. The molecule has 0 fully saturated rings. The van der Waals surface area contributed by atoms with E-state index in [1.54, 1.807) is 12.4 Å². The smallest absolute Gasteiger partial charge is 0.258 e. The molecule has 1 aliphatic rings. The Morgan fingerprint density at radius 1 is 1.00 bits per heavy atom. The third-order valence-corrected chi connectivity index (χ3v) is 5.17. The van der Waals surface area contributed by atoms with Gasteiger partial charge in [-0.25, -0.2) is 9.97 Å².